The molecule has 0 aromatic heterocycles. The third kappa shape index (κ3) is 5.43. The second-order valence-corrected chi connectivity index (χ2v) is 12.1. The van der Waals surface area contributed by atoms with Crippen molar-refractivity contribution in [3.05, 3.63) is 40.1 Å². The first-order valence-corrected chi connectivity index (χ1v) is 12.7. The van der Waals surface area contributed by atoms with Crippen LogP contribution in [0.25, 0.3) is 5.57 Å². The van der Waals surface area contributed by atoms with Crippen molar-refractivity contribution in [2.45, 2.75) is 85.8 Å². The summed E-state index contributed by atoms with van der Waals surface area (Å²) >= 11 is -1.12. The molecule has 0 fully saturated rings. The molecule has 0 saturated carbocycles. The molecule has 0 N–H and O–H groups in total. The van der Waals surface area contributed by atoms with Crippen LogP contribution in [0.3, 0.4) is 0 Å². The van der Waals surface area contributed by atoms with Gasteiger partial charge in [0.1, 0.15) is 10.5 Å². The number of hydrogen-bond donors (Lipinski definition) is 0. The molecular weight excluding hydrogens is 408 g/mol. The zero-order valence-corrected chi connectivity index (χ0v) is 21.4. The van der Waals surface area contributed by atoms with Gasteiger partial charge >= 0.3 is 5.97 Å². The smallest absolute Gasteiger partial charge is 0.316 e. The molecular formula is C26H38O4S. The first-order chi connectivity index (χ1) is 14.2. The van der Waals surface area contributed by atoms with Gasteiger partial charge in [-0.1, -0.05) is 42.7 Å². The van der Waals surface area contributed by atoms with Gasteiger partial charge in [0.05, 0.1) is 17.2 Å². The molecule has 1 aliphatic carbocycles. The molecule has 1 aromatic rings. The third-order valence-corrected chi connectivity index (χ3v) is 8.25. The van der Waals surface area contributed by atoms with Crippen molar-refractivity contribution in [1.82, 2.24) is 0 Å². The van der Waals surface area contributed by atoms with Crippen LogP contribution in [0.1, 0.15) is 83.6 Å². The maximum atomic E-state index is 13.6. The summed E-state index contributed by atoms with van der Waals surface area (Å²) in [7, 11) is 0. The van der Waals surface area contributed by atoms with E-state index >= 15 is 0 Å². The molecule has 0 amide bonds. The van der Waals surface area contributed by atoms with E-state index in [0.717, 1.165) is 35.1 Å². The highest BCUT2D eigenvalue weighted by molar-refractivity contribution is 7.92. The van der Waals surface area contributed by atoms with Crippen LogP contribution in [0.2, 0.25) is 0 Å². The minimum atomic E-state index is -1.12. The van der Waals surface area contributed by atoms with Gasteiger partial charge in [-0.25, -0.2) is 0 Å². The van der Waals surface area contributed by atoms with Crippen LogP contribution in [-0.4, -0.2) is 27.3 Å². The summed E-state index contributed by atoms with van der Waals surface area (Å²) < 4.78 is 17.8. The van der Waals surface area contributed by atoms with E-state index in [1.54, 1.807) is 6.26 Å². The summed E-state index contributed by atoms with van der Waals surface area (Å²) in [5, 5.41) is 0. The Labute approximate surface area is 191 Å². The van der Waals surface area contributed by atoms with E-state index in [-0.39, 0.29) is 17.7 Å². The third-order valence-electron chi connectivity index (χ3n) is 6.43. The van der Waals surface area contributed by atoms with E-state index in [0.29, 0.717) is 24.2 Å². The van der Waals surface area contributed by atoms with Gasteiger partial charge in [-0.15, -0.1) is 0 Å². The largest absolute Gasteiger partial charge is 0.616 e. The van der Waals surface area contributed by atoms with E-state index in [4.69, 9.17) is 4.74 Å². The van der Waals surface area contributed by atoms with Gasteiger partial charge in [0, 0.05) is 18.8 Å². The summed E-state index contributed by atoms with van der Waals surface area (Å²) in [6.07, 6.45) is 3.98. The Balaban J connectivity index is 2.75. The van der Waals surface area contributed by atoms with Crippen molar-refractivity contribution in [3.8, 4) is 0 Å². The number of ether oxygens (including phenoxy) is 1. The van der Waals surface area contributed by atoms with Crippen molar-refractivity contribution in [1.29, 1.82) is 0 Å². The fourth-order valence-electron chi connectivity index (χ4n) is 4.06. The zero-order valence-electron chi connectivity index (χ0n) is 20.6. The predicted molar refractivity (Wildman–Crippen MR) is 128 cm³/mol. The van der Waals surface area contributed by atoms with Crippen molar-refractivity contribution >= 4 is 28.5 Å². The Morgan fingerprint density at radius 3 is 2.03 bits per heavy atom. The van der Waals surface area contributed by atoms with Crippen molar-refractivity contribution in [2.75, 3.05) is 6.26 Å². The number of Topliss-reactive ketones (excluding diaryl/α,β-unsaturated/α-hetero) is 1. The van der Waals surface area contributed by atoms with Gasteiger partial charge in [-0.05, 0) is 71.1 Å². The molecule has 0 bridgehead atoms. The molecule has 1 aromatic carbocycles. The molecule has 2 atom stereocenters. The lowest BCUT2D eigenvalue weighted by Gasteiger charge is -2.37. The van der Waals surface area contributed by atoms with Gasteiger partial charge < -0.3 is 9.29 Å². The average molecular weight is 447 g/mol. The summed E-state index contributed by atoms with van der Waals surface area (Å²) in [6, 6.07) is 4.24. The molecule has 2 unspecified atom stereocenters. The Bertz CT molecular complexity index is 862. The Morgan fingerprint density at radius 2 is 1.61 bits per heavy atom. The molecule has 172 valence electrons. The van der Waals surface area contributed by atoms with E-state index in [9.17, 15) is 14.1 Å². The van der Waals surface area contributed by atoms with Gasteiger partial charge in [0.15, 0.2) is 5.78 Å². The number of aryl methyl sites for hydroxylation is 3. The van der Waals surface area contributed by atoms with E-state index < -0.39 is 21.3 Å². The topological polar surface area (TPSA) is 66.4 Å². The quantitative estimate of drug-likeness (QED) is 0.424. The van der Waals surface area contributed by atoms with E-state index in [1.165, 1.54) is 0 Å². The van der Waals surface area contributed by atoms with Gasteiger partial charge in [0.25, 0.3) is 0 Å². The van der Waals surface area contributed by atoms with Crippen molar-refractivity contribution in [2.24, 2.45) is 11.3 Å². The van der Waals surface area contributed by atoms with Crippen LogP contribution in [-0.2, 0) is 38.3 Å². The lowest BCUT2D eigenvalue weighted by molar-refractivity contribution is -0.149. The molecule has 0 heterocycles. The summed E-state index contributed by atoms with van der Waals surface area (Å²) in [5.74, 6) is -0.0993. The molecule has 0 radical (unpaired) electrons. The van der Waals surface area contributed by atoms with E-state index in [2.05, 4.69) is 32.9 Å². The summed E-state index contributed by atoms with van der Waals surface area (Å²) in [5.41, 5.74) is 4.13. The predicted octanol–water partition coefficient (Wildman–Crippen LogP) is 5.56. The second kappa shape index (κ2) is 9.50. The standard InChI is InChI=1S/C26H38O4S/c1-10-17-12-16(3)13-18(11-2)22(17)23-20(27)14-19(26(7,8)31(9)29)15-21(23)30-24(28)25(4,5)6/h12-13,19H,10-11,14-15H2,1-9H3. The molecule has 4 nitrogen and oxygen atoms in total. The van der Waals surface area contributed by atoms with Gasteiger partial charge in [0.2, 0.25) is 0 Å². The number of esters is 1. The Hall–Kier alpha value is -1.59. The summed E-state index contributed by atoms with van der Waals surface area (Å²) in [4.78, 5) is 26.4. The Morgan fingerprint density at radius 1 is 1.10 bits per heavy atom. The molecule has 2 rings (SSSR count). The number of carbonyl (C=O) groups excluding carboxylic acids is 2. The highest BCUT2D eigenvalue weighted by atomic mass is 32.2. The fourth-order valence-corrected chi connectivity index (χ4v) is 4.70. The number of carbonyl (C=O) groups is 2. The second-order valence-electron chi connectivity index (χ2n) is 10.2. The molecule has 0 spiro atoms. The number of rotatable bonds is 6. The van der Waals surface area contributed by atoms with Crippen molar-refractivity contribution in [3.63, 3.8) is 0 Å². The van der Waals surface area contributed by atoms with E-state index in [1.807, 2.05) is 34.6 Å². The van der Waals surface area contributed by atoms with Crippen LogP contribution >= 0.6 is 0 Å². The van der Waals surface area contributed by atoms with Crippen LogP contribution in [0, 0.1) is 18.3 Å². The minimum absolute atomic E-state index is 0.0280. The number of benzene rings is 1. The molecule has 0 saturated heterocycles. The highest BCUT2D eigenvalue weighted by Crippen LogP contribution is 2.43. The monoisotopic (exact) mass is 446 g/mol. The lowest BCUT2D eigenvalue weighted by Crippen LogP contribution is -2.43. The zero-order chi connectivity index (χ0) is 23.7. The number of hydrogen-bond acceptors (Lipinski definition) is 4. The number of ketones is 1. The molecule has 1 aliphatic rings. The van der Waals surface area contributed by atoms with Crippen LogP contribution in [0.5, 0.6) is 0 Å². The fraction of sp³-hybridized carbons (Fsp3) is 0.615. The SMILES string of the molecule is CCc1cc(C)cc(CC)c1C1=C(OC(=O)C(C)(C)C)CC(C(C)(C)[S+](C)[O-])CC1=O. The maximum absolute atomic E-state index is 13.6. The normalized spacial score (nSPS) is 18.9. The van der Waals surface area contributed by atoms with Crippen LogP contribution < -0.4 is 0 Å². The minimum Gasteiger partial charge on any atom is -0.616 e. The first-order valence-electron chi connectivity index (χ1n) is 11.2. The first kappa shape index (κ1) is 25.7. The summed E-state index contributed by atoms with van der Waals surface area (Å²) in [6.45, 7) is 15.5. The molecule has 31 heavy (non-hydrogen) atoms. The maximum Gasteiger partial charge on any atom is 0.316 e. The lowest BCUT2D eigenvalue weighted by atomic mass is 9.76. The average Bonchev–Trinajstić information content (AvgIpc) is 2.66. The molecule has 0 aliphatic heterocycles. The van der Waals surface area contributed by atoms with Crippen LogP contribution in [0.4, 0.5) is 0 Å². The Kier molecular flexibility index (Phi) is 7.86. The van der Waals surface area contributed by atoms with Gasteiger partial charge in [-0.3, -0.25) is 9.59 Å². The highest BCUT2D eigenvalue weighted by Gasteiger charge is 2.45. The van der Waals surface area contributed by atoms with Crippen molar-refractivity contribution < 1.29 is 18.9 Å². The van der Waals surface area contributed by atoms with Crippen LogP contribution in [0.15, 0.2) is 17.9 Å². The van der Waals surface area contributed by atoms with Gasteiger partial charge in [-0.2, -0.15) is 0 Å². The molecule has 5 heteroatoms. The number of allylic oxidation sites excluding steroid dienone is 2.